The highest BCUT2D eigenvalue weighted by Gasteiger charge is 2.22. The number of benzene rings is 1. The number of carbonyl (C=O) groups is 3. The minimum absolute atomic E-state index is 0.208. The van der Waals surface area contributed by atoms with E-state index in [0.29, 0.717) is 19.4 Å². The first-order valence-electron chi connectivity index (χ1n) is 7.29. The first kappa shape index (κ1) is 19.0. The molecule has 6 nitrogen and oxygen atoms in total. The SMILES string of the molecule is CN(CCCCC(C(=O)O)C(=O)S)C(=O)OCc1ccccc1. The number of rotatable bonds is 9. The number of thiol groups is 1. The van der Waals surface area contributed by atoms with Crippen molar-refractivity contribution in [1.29, 1.82) is 0 Å². The highest BCUT2D eigenvalue weighted by Crippen LogP contribution is 2.13. The molecular weight excluding hydrogens is 318 g/mol. The maximum Gasteiger partial charge on any atom is 0.409 e. The van der Waals surface area contributed by atoms with E-state index in [0.717, 1.165) is 5.56 Å². The number of hydrogen-bond donors (Lipinski definition) is 2. The lowest BCUT2D eigenvalue weighted by Gasteiger charge is -2.17. The molecule has 0 spiro atoms. The molecule has 1 rings (SSSR count). The number of carbonyl (C=O) groups excluding carboxylic acids is 2. The van der Waals surface area contributed by atoms with Crippen LogP contribution in [0.25, 0.3) is 0 Å². The zero-order valence-corrected chi connectivity index (χ0v) is 13.9. The normalized spacial score (nSPS) is 11.6. The van der Waals surface area contributed by atoms with Crippen LogP contribution >= 0.6 is 12.6 Å². The van der Waals surface area contributed by atoms with Crippen LogP contribution in [-0.2, 0) is 20.9 Å². The van der Waals surface area contributed by atoms with Gasteiger partial charge in [-0.05, 0) is 18.4 Å². The van der Waals surface area contributed by atoms with Gasteiger partial charge in [-0.2, -0.15) is 0 Å². The third kappa shape index (κ3) is 7.19. The summed E-state index contributed by atoms with van der Waals surface area (Å²) >= 11 is 3.57. The molecule has 0 aliphatic carbocycles. The van der Waals surface area contributed by atoms with Crippen LogP contribution in [0.15, 0.2) is 30.3 Å². The monoisotopic (exact) mass is 339 g/mol. The fourth-order valence-electron chi connectivity index (χ4n) is 1.97. The molecule has 0 aliphatic rings. The number of carboxylic acid groups (broad SMARTS) is 1. The summed E-state index contributed by atoms with van der Waals surface area (Å²) in [7, 11) is 1.62. The summed E-state index contributed by atoms with van der Waals surface area (Å²) in [5, 5.41) is 8.22. The van der Waals surface area contributed by atoms with E-state index in [9.17, 15) is 14.4 Å². The smallest absolute Gasteiger partial charge is 0.409 e. The summed E-state index contributed by atoms with van der Waals surface area (Å²) in [6.45, 7) is 0.639. The number of aliphatic carboxylic acids is 1. The first-order valence-corrected chi connectivity index (χ1v) is 7.74. The topological polar surface area (TPSA) is 83.9 Å². The van der Waals surface area contributed by atoms with Gasteiger partial charge in [-0.3, -0.25) is 9.59 Å². The molecule has 0 radical (unpaired) electrons. The minimum Gasteiger partial charge on any atom is -0.481 e. The van der Waals surface area contributed by atoms with Crippen molar-refractivity contribution in [3.8, 4) is 0 Å². The molecule has 0 saturated heterocycles. The first-order chi connectivity index (χ1) is 10.9. The summed E-state index contributed by atoms with van der Waals surface area (Å²) in [5.41, 5.74) is 0.908. The van der Waals surface area contributed by atoms with Crippen molar-refractivity contribution in [2.75, 3.05) is 13.6 Å². The van der Waals surface area contributed by atoms with Crippen molar-refractivity contribution in [1.82, 2.24) is 4.90 Å². The number of amides is 1. The lowest BCUT2D eigenvalue weighted by atomic mass is 10.0. The Kier molecular flexibility index (Phi) is 8.18. The summed E-state index contributed by atoms with van der Waals surface area (Å²) in [5.74, 6) is -2.26. The van der Waals surface area contributed by atoms with E-state index in [4.69, 9.17) is 9.84 Å². The number of nitrogens with zero attached hydrogens (tertiary/aromatic N) is 1. The number of hydrogen-bond acceptors (Lipinski definition) is 4. The molecule has 1 aromatic carbocycles. The van der Waals surface area contributed by atoms with Crippen molar-refractivity contribution in [3.05, 3.63) is 35.9 Å². The molecule has 1 amide bonds. The third-order valence-electron chi connectivity index (χ3n) is 3.35. The third-order valence-corrected chi connectivity index (χ3v) is 3.66. The Morgan fingerprint density at radius 3 is 2.43 bits per heavy atom. The van der Waals surface area contributed by atoms with Crippen LogP contribution in [0, 0.1) is 5.92 Å². The predicted octanol–water partition coefficient (Wildman–Crippen LogP) is 2.58. The molecule has 0 saturated carbocycles. The van der Waals surface area contributed by atoms with Crippen LogP contribution in [0.1, 0.15) is 24.8 Å². The Morgan fingerprint density at radius 2 is 1.87 bits per heavy atom. The predicted molar refractivity (Wildman–Crippen MR) is 88.2 cm³/mol. The van der Waals surface area contributed by atoms with E-state index in [-0.39, 0.29) is 13.0 Å². The second-order valence-corrected chi connectivity index (χ2v) is 5.63. The van der Waals surface area contributed by atoms with Crippen molar-refractivity contribution in [2.24, 2.45) is 5.92 Å². The zero-order chi connectivity index (χ0) is 17.2. The van der Waals surface area contributed by atoms with E-state index in [1.807, 2.05) is 30.3 Å². The zero-order valence-electron chi connectivity index (χ0n) is 13.0. The Hall–Kier alpha value is -2.02. The Morgan fingerprint density at radius 1 is 1.22 bits per heavy atom. The van der Waals surface area contributed by atoms with Gasteiger partial charge in [0.25, 0.3) is 0 Å². The van der Waals surface area contributed by atoms with Gasteiger partial charge < -0.3 is 14.7 Å². The Balaban J connectivity index is 2.25. The van der Waals surface area contributed by atoms with Crippen molar-refractivity contribution in [3.63, 3.8) is 0 Å². The molecule has 1 aromatic rings. The number of carboxylic acids is 1. The van der Waals surface area contributed by atoms with Crippen LogP contribution in [0.3, 0.4) is 0 Å². The van der Waals surface area contributed by atoms with E-state index in [1.165, 1.54) is 4.90 Å². The highest BCUT2D eigenvalue weighted by molar-refractivity contribution is 7.96. The molecule has 1 N–H and O–H groups in total. The lowest BCUT2D eigenvalue weighted by molar-refractivity contribution is -0.144. The summed E-state index contributed by atoms with van der Waals surface area (Å²) in [6.07, 6.45) is 0.875. The van der Waals surface area contributed by atoms with E-state index < -0.39 is 23.1 Å². The molecule has 0 bridgehead atoms. The maximum absolute atomic E-state index is 11.8. The van der Waals surface area contributed by atoms with Crippen LogP contribution in [-0.4, -0.2) is 40.8 Å². The van der Waals surface area contributed by atoms with Gasteiger partial charge in [-0.15, -0.1) is 12.6 Å². The van der Waals surface area contributed by atoms with Crippen molar-refractivity contribution < 1.29 is 24.2 Å². The molecule has 23 heavy (non-hydrogen) atoms. The van der Waals surface area contributed by atoms with Crippen LogP contribution in [0.5, 0.6) is 0 Å². The van der Waals surface area contributed by atoms with Crippen LogP contribution in [0.4, 0.5) is 4.79 Å². The lowest BCUT2D eigenvalue weighted by Crippen LogP contribution is -2.28. The van der Waals surface area contributed by atoms with Crippen LogP contribution < -0.4 is 0 Å². The molecule has 1 atom stereocenters. The molecule has 0 fully saturated rings. The quantitative estimate of drug-likeness (QED) is 0.410. The molecule has 0 heterocycles. The number of ether oxygens (including phenoxy) is 1. The van der Waals surface area contributed by atoms with Crippen molar-refractivity contribution >= 4 is 29.8 Å². The van der Waals surface area contributed by atoms with E-state index in [2.05, 4.69) is 12.6 Å². The largest absolute Gasteiger partial charge is 0.481 e. The maximum atomic E-state index is 11.8. The van der Waals surface area contributed by atoms with E-state index >= 15 is 0 Å². The minimum atomic E-state index is -1.17. The van der Waals surface area contributed by atoms with Gasteiger partial charge in [0.05, 0.1) is 0 Å². The van der Waals surface area contributed by atoms with Gasteiger partial charge in [-0.1, -0.05) is 36.8 Å². The molecule has 0 aromatic heterocycles. The fraction of sp³-hybridized carbons (Fsp3) is 0.438. The molecule has 0 aliphatic heterocycles. The molecule has 1 unspecified atom stereocenters. The standard InChI is InChI=1S/C16H21NO5S/c1-17(10-6-5-9-13(14(18)19)15(20)23)16(21)22-11-12-7-3-2-4-8-12/h2-4,7-8,13H,5-6,9-11H2,1H3,(H,18,19)(H,20,23). The van der Waals surface area contributed by atoms with E-state index in [1.54, 1.807) is 7.05 Å². The van der Waals surface area contributed by atoms with Gasteiger partial charge in [0, 0.05) is 13.6 Å². The van der Waals surface area contributed by atoms with Gasteiger partial charge in [0.15, 0.2) is 5.12 Å². The number of unbranched alkanes of at least 4 members (excludes halogenated alkanes) is 1. The van der Waals surface area contributed by atoms with Gasteiger partial charge in [0.1, 0.15) is 12.5 Å². The molecule has 7 heteroatoms. The molecular formula is C16H21NO5S. The average Bonchev–Trinajstić information content (AvgIpc) is 2.52. The Labute approximate surface area is 140 Å². The van der Waals surface area contributed by atoms with Gasteiger partial charge in [-0.25, -0.2) is 4.79 Å². The van der Waals surface area contributed by atoms with Gasteiger partial charge in [0.2, 0.25) is 0 Å². The fourth-order valence-corrected chi connectivity index (χ4v) is 2.21. The summed E-state index contributed by atoms with van der Waals surface area (Å²) < 4.78 is 5.17. The second kappa shape index (κ2) is 9.89. The van der Waals surface area contributed by atoms with Gasteiger partial charge >= 0.3 is 12.1 Å². The van der Waals surface area contributed by atoms with Crippen molar-refractivity contribution in [2.45, 2.75) is 25.9 Å². The molecule has 126 valence electrons. The average molecular weight is 339 g/mol. The van der Waals surface area contributed by atoms with Crippen LogP contribution in [0.2, 0.25) is 0 Å². The summed E-state index contributed by atoms with van der Waals surface area (Å²) in [6, 6.07) is 9.36. The Bertz CT molecular complexity index is 521. The second-order valence-electron chi connectivity index (χ2n) is 5.19. The highest BCUT2D eigenvalue weighted by atomic mass is 32.1. The summed E-state index contributed by atoms with van der Waals surface area (Å²) in [4.78, 5) is 35.1.